The van der Waals surface area contributed by atoms with Crippen LogP contribution in [0.15, 0.2) is 90.0 Å². The summed E-state index contributed by atoms with van der Waals surface area (Å²) in [5.41, 5.74) is 3.41. The van der Waals surface area contributed by atoms with Gasteiger partial charge in [0.1, 0.15) is 11.4 Å². The van der Waals surface area contributed by atoms with E-state index in [1.165, 1.54) is 12.1 Å². The summed E-state index contributed by atoms with van der Waals surface area (Å²) in [6.45, 7) is 0.713. The molecule has 4 aromatic rings. The van der Waals surface area contributed by atoms with Gasteiger partial charge in [0, 0.05) is 18.3 Å². The molecule has 4 rings (SSSR count). The van der Waals surface area contributed by atoms with Crippen molar-refractivity contribution in [1.29, 1.82) is 0 Å². The number of rotatable bonds is 8. The minimum atomic E-state index is -3.77. The third-order valence-electron chi connectivity index (χ3n) is 5.26. The number of carbonyl (C=O) groups excluding carboxylic acids is 1. The Morgan fingerprint density at radius 1 is 0.971 bits per heavy atom. The van der Waals surface area contributed by atoms with Crippen LogP contribution in [0.25, 0.3) is 11.3 Å². The molecule has 1 heterocycles. The number of primary sulfonamides is 1. The van der Waals surface area contributed by atoms with Gasteiger partial charge in [0.05, 0.1) is 24.1 Å². The van der Waals surface area contributed by atoms with Crippen molar-refractivity contribution in [3.05, 3.63) is 102 Å². The van der Waals surface area contributed by atoms with Crippen LogP contribution in [-0.4, -0.2) is 31.2 Å². The van der Waals surface area contributed by atoms with Gasteiger partial charge >= 0.3 is 0 Å². The van der Waals surface area contributed by atoms with E-state index in [1.54, 1.807) is 30.1 Å². The number of aromatic nitrogens is 2. The van der Waals surface area contributed by atoms with Gasteiger partial charge in [-0.2, -0.15) is 5.10 Å². The third kappa shape index (κ3) is 5.33. The first-order valence-electron chi connectivity index (χ1n) is 10.5. The average molecular weight is 477 g/mol. The van der Waals surface area contributed by atoms with Gasteiger partial charge in [-0.05, 0) is 35.4 Å². The fraction of sp³-hybridized carbons (Fsp3) is 0.120. The van der Waals surface area contributed by atoms with Gasteiger partial charge in [0.15, 0.2) is 0 Å². The van der Waals surface area contributed by atoms with E-state index >= 15 is 0 Å². The highest BCUT2D eigenvalue weighted by Crippen LogP contribution is 2.31. The van der Waals surface area contributed by atoms with Crippen molar-refractivity contribution in [2.75, 3.05) is 7.11 Å². The molecule has 0 saturated carbocycles. The van der Waals surface area contributed by atoms with Crippen LogP contribution in [0.4, 0.5) is 0 Å². The molecule has 9 heteroatoms. The summed E-state index contributed by atoms with van der Waals surface area (Å²) in [5.74, 6) is 0.302. The smallest absolute Gasteiger partial charge is 0.255 e. The molecule has 34 heavy (non-hydrogen) atoms. The van der Waals surface area contributed by atoms with Crippen LogP contribution < -0.4 is 15.2 Å². The maximum absolute atomic E-state index is 13.2. The number of para-hydroxylation sites is 1. The zero-order valence-corrected chi connectivity index (χ0v) is 19.3. The summed E-state index contributed by atoms with van der Waals surface area (Å²) >= 11 is 0. The quantitative estimate of drug-likeness (QED) is 0.405. The first-order valence-corrected chi connectivity index (χ1v) is 12.0. The Labute approximate surface area is 198 Å². The van der Waals surface area contributed by atoms with Crippen molar-refractivity contribution in [2.45, 2.75) is 18.0 Å². The third-order valence-corrected chi connectivity index (χ3v) is 6.19. The number of methoxy groups -OCH3 is 1. The maximum atomic E-state index is 13.2. The van der Waals surface area contributed by atoms with Crippen molar-refractivity contribution in [1.82, 2.24) is 15.1 Å². The number of nitrogens with one attached hydrogen (secondary N) is 1. The minimum absolute atomic E-state index is 0.0169. The normalized spacial score (nSPS) is 11.2. The molecule has 0 radical (unpaired) electrons. The molecule has 0 aliphatic rings. The largest absolute Gasteiger partial charge is 0.496 e. The van der Waals surface area contributed by atoms with Crippen molar-refractivity contribution in [3.8, 4) is 17.0 Å². The van der Waals surface area contributed by atoms with Crippen LogP contribution in [-0.2, 0) is 23.1 Å². The Bertz CT molecular complexity index is 1400. The van der Waals surface area contributed by atoms with E-state index in [4.69, 9.17) is 15.0 Å². The number of nitrogens with two attached hydrogens (primary N) is 1. The predicted molar refractivity (Wildman–Crippen MR) is 129 cm³/mol. The standard InChI is InChI=1S/C25H24N4O4S/c1-33-23-10-6-5-9-21(23)24-22(17-29(28-24)16-19-7-3-2-4-8-19)25(30)27-15-18-11-13-20(14-12-18)34(26,31)32/h2-14,17H,15-16H2,1H3,(H,27,30)(H2,26,31,32). The number of benzene rings is 3. The number of ether oxygens (including phenoxy) is 1. The summed E-state index contributed by atoms with van der Waals surface area (Å²) < 4.78 is 30.1. The van der Waals surface area contributed by atoms with E-state index in [1.807, 2.05) is 54.6 Å². The maximum Gasteiger partial charge on any atom is 0.255 e. The molecular formula is C25H24N4O4S. The van der Waals surface area contributed by atoms with Gasteiger partial charge in [-0.3, -0.25) is 9.48 Å². The van der Waals surface area contributed by atoms with Gasteiger partial charge in [-0.1, -0.05) is 54.6 Å². The highest BCUT2D eigenvalue weighted by molar-refractivity contribution is 7.89. The van der Waals surface area contributed by atoms with Gasteiger partial charge in [0.2, 0.25) is 10.0 Å². The molecule has 1 aromatic heterocycles. The van der Waals surface area contributed by atoms with E-state index in [9.17, 15) is 13.2 Å². The molecule has 0 aliphatic heterocycles. The second-order valence-corrected chi connectivity index (χ2v) is 9.21. The van der Waals surface area contributed by atoms with E-state index in [0.29, 0.717) is 29.1 Å². The number of nitrogens with zero attached hydrogens (tertiary/aromatic N) is 2. The van der Waals surface area contributed by atoms with Crippen LogP contribution in [0.3, 0.4) is 0 Å². The highest BCUT2D eigenvalue weighted by atomic mass is 32.2. The Hall–Kier alpha value is -3.95. The van der Waals surface area contributed by atoms with Crippen LogP contribution in [0.1, 0.15) is 21.5 Å². The molecule has 0 spiro atoms. The Balaban J connectivity index is 1.61. The molecule has 8 nitrogen and oxygen atoms in total. The highest BCUT2D eigenvalue weighted by Gasteiger charge is 2.20. The lowest BCUT2D eigenvalue weighted by atomic mass is 10.1. The van der Waals surface area contributed by atoms with Crippen LogP contribution in [0, 0.1) is 0 Å². The number of hydrogen-bond acceptors (Lipinski definition) is 5. The SMILES string of the molecule is COc1ccccc1-c1nn(Cc2ccccc2)cc1C(=O)NCc1ccc(S(N)(=O)=O)cc1. The fourth-order valence-electron chi connectivity index (χ4n) is 3.55. The summed E-state index contributed by atoms with van der Waals surface area (Å²) in [7, 11) is -2.20. The predicted octanol–water partition coefficient (Wildman–Crippen LogP) is 3.18. The van der Waals surface area contributed by atoms with Gasteiger partial charge in [-0.15, -0.1) is 0 Å². The number of hydrogen-bond donors (Lipinski definition) is 2. The Morgan fingerprint density at radius 2 is 1.65 bits per heavy atom. The zero-order valence-electron chi connectivity index (χ0n) is 18.5. The summed E-state index contributed by atoms with van der Waals surface area (Å²) in [6.07, 6.45) is 1.72. The van der Waals surface area contributed by atoms with Gasteiger partial charge < -0.3 is 10.1 Å². The Morgan fingerprint density at radius 3 is 2.32 bits per heavy atom. The number of sulfonamides is 1. The lowest BCUT2D eigenvalue weighted by molar-refractivity contribution is 0.0951. The lowest BCUT2D eigenvalue weighted by Gasteiger charge is -2.09. The first kappa shape index (κ1) is 23.2. The van der Waals surface area contributed by atoms with Crippen molar-refractivity contribution in [2.24, 2.45) is 5.14 Å². The van der Waals surface area contributed by atoms with Gasteiger partial charge in [0.25, 0.3) is 5.91 Å². The molecule has 0 fully saturated rings. The zero-order chi connectivity index (χ0) is 24.1. The molecule has 0 atom stereocenters. The minimum Gasteiger partial charge on any atom is -0.496 e. The van der Waals surface area contributed by atoms with E-state index in [-0.39, 0.29) is 17.3 Å². The van der Waals surface area contributed by atoms with E-state index < -0.39 is 10.0 Å². The number of amides is 1. The van der Waals surface area contributed by atoms with Crippen molar-refractivity contribution in [3.63, 3.8) is 0 Å². The lowest BCUT2D eigenvalue weighted by Crippen LogP contribution is -2.23. The Kier molecular flexibility index (Phi) is 6.76. The summed E-state index contributed by atoms with van der Waals surface area (Å²) in [5, 5.41) is 12.7. The van der Waals surface area contributed by atoms with Crippen molar-refractivity contribution < 1.29 is 17.9 Å². The van der Waals surface area contributed by atoms with E-state index in [0.717, 1.165) is 11.1 Å². The van der Waals surface area contributed by atoms with Crippen LogP contribution in [0.5, 0.6) is 5.75 Å². The molecule has 3 N–H and O–H groups in total. The molecule has 0 aliphatic carbocycles. The monoisotopic (exact) mass is 476 g/mol. The second-order valence-electron chi connectivity index (χ2n) is 7.65. The number of carbonyl (C=O) groups is 1. The molecule has 0 bridgehead atoms. The molecule has 3 aromatic carbocycles. The average Bonchev–Trinajstić information content (AvgIpc) is 3.26. The molecule has 0 saturated heterocycles. The van der Waals surface area contributed by atoms with E-state index in [2.05, 4.69) is 5.32 Å². The molecule has 1 amide bonds. The molecule has 174 valence electrons. The second kappa shape index (κ2) is 9.90. The molecular weight excluding hydrogens is 452 g/mol. The summed E-state index contributed by atoms with van der Waals surface area (Å²) in [4.78, 5) is 13.2. The van der Waals surface area contributed by atoms with Crippen LogP contribution in [0.2, 0.25) is 0 Å². The summed E-state index contributed by atoms with van der Waals surface area (Å²) in [6, 6.07) is 23.3. The topological polar surface area (TPSA) is 116 Å². The van der Waals surface area contributed by atoms with Crippen molar-refractivity contribution >= 4 is 15.9 Å². The first-order chi connectivity index (χ1) is 16.3. The fourth-order valence-corrected chi connectivity index (χ4v) is 4.07. The van der Waals surface area contributed by atoms with Crippen LogP contribution >= 0.6 is 0 Å². The molecule has 0 unspecified atom stereocenters. The van der Waals surface area contributed by atoms with Gasteiger partial charge in [-0.25, -0.2) is 13.6 Å².